The van der Waals surface area contributed by atoms with Crippen LogP contribution in [0.5, 0.6) is 5.75 Å². The number of hydrogen-bond acceptors (Lipinski definition) is 7. The zero-order valence-electron chi connectivity index (χ0n) is 17.2. The summed E-state index contributed by atoms with van der Waals surface area (Å²) in [6.07, 6.45) is 1.40. The minimum atomic E-state index is -0.981. The molecule has 1 N–H and O–H groups in total. The third kappa shape index (κ3) is 5.04. The van der Waals surface area contributed by atoms with Crippen molar-refractivity contribution < 1.29 is 23.5 Å². The Hall–Kier alpha value is -3.91. The first-order valence-corrected chi connectivity index (χ1v) is 10.7. The number of ether oxygens (including phenoxy) is 2. The summed E-state index contributed by atoms with van der Waals surface area (Å²) >= 11 is 1.45. The van der Waals surface area contributed by atoms with Gasteiger partial charge in [-0.2, -0.15) is 0 Å². The average Bonchev–Trinajstić information content (AvgIpc) is 3.54. The van der Waals surface area contributed by atoms with Crippen molar-refractivity contribution in [2.75, 3.05) is 7.11 Å². The van der Waals surface area contributed by atoms with Gasteiger partial charge in [-0.3, -0.25) is 4.79 Å². The van der Waals surface area contributed by atoms with E-state index < -0.39 is 17.9 Å². The van der Waals surface area contributed by atoms with E-state index in [0.29, 0.717) is 11.3 Å². The highest BCUT2D eigenvalue weighted by molar-refractivity contribution is 7.13. The van der Waals surface area contributed by atoms with E-state index in [1.165, 1.54) is 23.7 Å². The summed E-state index contributed by atoms with van der Waals surface area (Å²) in [7, 11) is 1.61. The molecule has 7 nitrogen and oxygen atoms in total. The predicted octanol–water partition coefficient (Wildman–Crippen LogP) is 4.63. The van der Waals surface area contributed by atoms with E-state index >= 15 is 0 Å². The number of nitrogens with one attached hydrogen (secondary N) is 1. The van der Waals surface area contributed by atoms with Crippen molar-refractivity contribution in [2.45, 2.75) is 12.6 Å². The molecule has 0 radical (unpaired) electrons. The van der Waals surface area contributed by atoms with E-state index in [4.69, 9.17) is 13.9 Å². The summed E-state index contributed by atoms with van der Waals surface area (Å²) in [5, 5.41) is 5.30. The maximum atomic E-state index is 12.9. The Kier molecular flexibility index (Phi) is 6.62. The quantitative estimate of drug-likeness (QED) is 0.396. The Morgan fingerprint density at radius 3 is 2.69 bits per heavy atom. The van der Waals surface area contributed by atoms with Crippen molar-refractivity contribution in [2.24, 2.45) is 0 Å². The van der Waals surface area contributed by atoms with Crippen LogP contribution in [0.4, 0.5) is 0 Å². The SMILES string of the molecule is COc1cccc(-c2nc(COC(=O)C(NC(=O)c3ccco3)c3ccccc3)cs2)c1. The molecule has 0 aliphatic heterocycles. The number of nitrogens with zero attached hydrogens (tertiary/aromatic N) is 1. The van der Waals surface area contributed by atoms with Crippen LogP contribution in [0.15, 0.2) is 82.8 Å². The second-order valence-electron chi connectivity index (χ2n) is 6.78. The maximum Gasteiger partial charge on any atom is 0.333 e. The van der Waals surface area contributed by atoms with Crippen molar-refractivity contribution in [3.05, 3.63) is 95.4 Å². The number of aromatic nitrogens is 1. The number of carbonyl (C=O) groups is 2. The van der Waals surface area contributed by atoms with Crippen LogP contribution < -0.4 is 10.1 Å². The fraction of sp³-hybridized carbons (Fsp3) is 0.125. The van der Waals surface area contributed by atoms with Crippen molar-refractivity contribution in [3.8, 4) is 16.3 Å². The molecule has 0 fully saturated rings. The largest absolute Gasteiger partial charge is 0.497 e. The second-order valence-corrected chi connectivity index (χ2v) is 7.64. The number of benzene rings is 2. The first-order chi connectivity index (χ1) is 15.6. The Morgan fingerprint density at radius 1 is 1.09 bits per heavy atom. The average molecular weight is 449 g/mol. The van der Waals surface area contributed by atoms with Gasteiger partial charge in [-0.25, -0.2) is 9.78 Å². The summed E-state index contributed by atoms with van der Waals surface area (Å²) in [5.74, 6) is -0.244. The van der Waals surface area contributed by atoms with Gasteiger partial charge in [0.1, 0.15) is 17.4 Å². The third-order valence-electron chi connectivity index (χ3n) is 4.62. The van der Waals surface area contributed by atoms with Crippen LogP contribution in [-0.4, -0.2) is 24.0 Å². The molecule has 2 aromatic carbocycles. The van der Waals surface area contributed by atoms with Crippen molar-refractivity contribution in [1.82, 2.24) is 10.3 Å². The van der Waals surface area contributed by atoms with E-state index in [0.717, 1.165) is 16.3 Å². The molecule has 0 spiro atoms. The lowest BCUT2D eigenvalue weighted by Crippen LogP contribution is -2.34. The molecular weight excluding hydrogens is 428 g/mol. The van der Waals surface area contributed by atoms with Crippen molar-refractivity contribution in [1.29, 1.82) is 0 Å². The Morgan fingerprint density at radius 2 is 1.94 bits per heavy atom. The van der Waals surface area contributed by atoms with Crippen LogP contribution >= 0.6 is 11.3 Å². The van der Waals surface area contributed by atoms with E-state index in [9.17, 15) is 9.59 Å². The van der Waals surface area contributed by atoms with E-state index in [1.54, 1.807) is 37.4 Å². The predicted molar refractivity (Wildman–Crippen MR) is 119 cm³/mol. The van der Waals surface area contributed by atoms with Gasteiger partial charge in [0, 0.05) is 10.9 Å². The normalized spacial score (nSPS) is 11.5. The number of amides is 1. The smallest absolute Gasteiger partial charge is 0.333 e. The lowest BCUT2D eigenvalue weighted by Gasteiger charge is -2.17. The van der Waals surface area contributed by atoms with Gasteiger partial charge >= 0.3 is 5.97 Å². The second kappa shape index (κ2) is 9.93. The zero-order chi connectivity index (χ0) is 22.3. The van der Waals surface area contributed by atoms with Gasteiger partial charge in [0.05, 0.1) is 19.1 Å². The first kappa shape index (κ1) is 21.3. The molecule has 1 amide bonds. The minimum absolute atomic E-state index is 0.0146. The fourth-order valence-electron chi connectivity index (χ4n) is 3.02. The number of methoxy groups -OCH3 is 1. The van der Waals surface area contributed by atoms with E-state index in [1.807, 2.05) is 35.7 Å². The molecule has 0 saturated carbocycles. The number of esters is 1. The monoisotopic (exact) mass is 448 g/mol. The number of carbonyl (C=O) groups excluding carboxylic acids is 2. The molecule has 2 aromatic heterocycles. The summed E-state index contributed by atoms with van der Waals surface area (Å²) in [6.45, 7) is -0.0146. The van der Waals surface area contributed by atoms with Gasteiger partial charge in [-0.1, -0.05) is 42.5 Å². The van der Waals surface area contributed by atoms with Crippen molar-refractivity contribution in [3.63, 3.8) is 0 Å². The van der Waals surface area contributed by atoms with Gasteiger partial charge in [-0.05, 0) is 29.8 Å². The number of hydrogen-bond donors (Lipinski definition) is 1. The molecule has 4 rings (SSSR count). The van der Waals surface area contributed by atoms with Gasteiger partial charge in [0.25, 0.3) is 5.91 Å². The summed E-state index contributed by atoms with van der Waals surface area (Å²) in [5.41, 5.74) is 2.14. The fourth-order valence-corrected chi connectivity index (χ4v) is 3.83. The molecule has 0 bridgehead atoms. The zero-order valence-corrected chi connectivity index (χ0v) is 18.0. The molecule has 1 unspecified atom stereocenters. The van der Waals surface area contributed by atoms with Gasteiger partial charge in [0.15, 0.2) is 11.8 Å². The van der Waals surface area contributed by atoms with E-state index in [2.05, 4.69) is 10.3 Å². The van der Waals surface area contributed by atoms with E-state index in [-0.39, 0.29) is 12.4 Å². The van der Waals surface area contributed by atoms with Crippen LogP contribution in [0.2, 0.25) is 0 Å². The summed E-state index contributed by atoms with van der Waals surface area (Å²) in [6, 6.07) is 18.6. The molecule has 0 aliphatic rings. The molecular formula is C24H20N2O5S. The molecule has 8 heteroatoms. The molecule has 162 valence electrons. The van der Waals surface area contributed by atoms with Gasteiger partial charge in [0.2, 0.25) is 0 Å². The van der Waals surface area contributed by atoms with Crippen LogP contribution in [0, 0.1) is 0 Å². The first-order valence-electron chi connectivity index (χ1n) is 9.79. The maximum absolute atomic E-state index is 12.9. The molecule has 32 heavy (non-hydrogen) atoms. The van der Waals surface area contributed by atoms with Crippen LogP contribution in [0.1, 0.15) is 27.9 Å². The summed E-state index contributed by atoms with van der Waals surface area (Å²) < 4.78 is 15.9. The standard InChI is InChI=1S/C24H20N2O5S/c1-29-19-10-5-9-17(13-19)23-25-18(15-32-23)14-31-24(28)21(16-7-3-2-4-8-16)26-22(27)20-11-6-12-30-20/h2-13,15,21H,14H2,1H3,(H,26,27). The molecule has 1 atom stereocenters. The molecule has 0 aliphatic carbocycles. The number of furan rings is 1. The molecule has 4 aromatic rings. The third-order valence-corrected chi connectivity index (χ3v) is 5.56. The minimum Gasteiger partial charge on any atom is -0.497 e. The van der Waals surface area contributed by atoms with Gasteiger partial charge in [-0.15, -0.1) is 11.3 Å². The highest BCUT2D eigenvalue weighted by Gasteiger charge is 2.26. The van der Waals surface area contributed by atoms with Crippen LogP contribution in [0.25, 0.3) is 10.6 Å². The van der Waals surface area contributed by atoms with Gasteiger partial charge < -0.3 is 19.2 Å². The summed E-state index contributed by atoms with van der Waals surface area (Å²) in [4.78, 5) is 29.9. The lowest BCUT2D eigenvalue weighted by atomic mass is 10.1. The van der Waals surface area contributed by atoms with Crippen LogP contribution in [0.3, 0.4) is 0 Å². The number of thiazole rings is 1. The number of rotatable bonds is 8. The van der Waals surface area contributed by atoms with Crippen LogP contribution in [-0.2, 0) is 16.1 Å². The molecule has 0 saturated heterocycles. The highest BCUT2D eigenvalue weighted by Crippen LogP contribution is 2.27. The van der Waals surface area contributed by atoms with Crippen molar-refractivity contribution >= 4 is 23.2 Å². The topological polar surface area (TPSA) is 90.7 Å². The Bertz CT molecular complexity index is 1190. The lowest BCUT2D eigenvalue weighted by molar-refractivity contribution is -0.147. The Balaban J connectivity index is 1.45. The highest BCUT2D eigenvalue weighted by atomic mass is 32.1. The Labute approximate surface area is 188 Å². The molecule has 2 heterocycles.